The molecule has 1 aromatic heterocycles. The molecule has 0 saturated carbocycles. The zero-order valence-corrected chi connectivity index (χ0v) is 14.6. The zero-order valence-electron chi connectivity index (χ0n) is 14.6. The van der Waals surface area contributed by atoms with Gasteiger partial charge in [-0.3, -0.25) is 0 Å². The van der Waals surface area contributed by atoms with Crippen molar-refractivity contribution in [2.75, 3.05) is 20.3 Å². The number of nitrogens with one attached hydrogen (secondary N) is 1. The van der Waals surface area contributed by atoms with Crippen LogP contribution in [0.25, 0.3) is 0 Å². The Morgan fingerprint density at radius 1 is 1.17 bits per heavy atom. The van der Waals surface area contributed by atoms with E-state index in [0.717, 1.165) is 5.56 Å². The number of benzene rings is 1. The van der Waals surface area contributed by atoms with Crippen LogP contribution in [0.2, 0.25) is 0 Å². The summed E-state index contributed by atoms with van der Waals surface area (Å²) < 4.78 is 11.1. The van der Waals surface area contributed by atoms with Gasteiger partial charge in [0, 0.05) is 20.2 Å². The van der Waals surface area contributed by atoms with Crippen LogP contribution < -0.4 is 5.32 Å². The summed E-state index contributed by atoms with van der Waals surface area (Å²) in [5, 5.41) is 2.98. The van der Waals surface area contributed by atoms with Gasteiger partial charge in [-0.15, -0.1) is 0 Å². The van der Waals surface area contributed by atoms with Crippen molar-refractivity contribution in [1.29, 1.82) is 0 Å². The standard InChI is InChI=1S/C19H26N2O3/c1-15(2)13-23-14-17(18-10-7-11-24-18)20-19(22)21(3)12-16-8-5-4-6-9-16/h4-11,15,17H,12-14H2,1-3H3,(H,20,22). The van der Waals surface area contributed by atoms with Gasteiger partial charge in [-0.25, -0.2) is 4.79 Å². The highest BCUT2D eigenvalue weighted by Gasteiger charge is 2.20. The first kappa shape index (κ1) is 18.1. The van der Waals surface area contributed by atoms with Crippen LogP contribution in [0.3, 0.4) is 0 Å². The monoisotopic (exact) mass is 330 g/mol. The highest BCUT2D eigenvalue weighted by Crippen LogP contribution is 2.15. The SMILES string of the molecule is CC(C)COCC(NC(=O)N(C)Cc1ccccc1)c1ccco1. The molecule has 1 unspecified atom stereocenters. The lowest BCUT2D eigenvalue weighted by Crippen LogP contribution is -2.40. The van der Waals surface area contributed by atoms with Crippen molar-refractivity contribution in [3.63, 3.8) is 0 Å². The summed E-state index contributed by atoms with van der Waals surface area (Å²) in [5.74, 6) is 1.14. The second-order valence-electron chi connectivity index (χ2n) is 6.29. The average molecular weight is 330 g/mol. The van der Waals surface area contributed by atoms with Gasteiger partial charge >= 0.3 is 6.03 Å². The van der Waals surface area contributed by atoms with Gasteiger partial charge in [-0.1, -0.05) is 44.2 Å². The number of furan rings is 1. The largest absolute Gasteiger partial charge is 0.467 e. The fraction of sp³-hybridized carbons (Fsp3) is 0.421. The number of urea groups is 1. The molecule has 0 spiro atoms. The summed E-state index contributed by atoms with van der Waals surface area (Å²) in [6.07, 6.45) is 1.60. The predicted molar refractivity (Wildman–Crippen MR) is 93.5 cm³/mol. The maximum absolute atomic E-state index is 12.5. The molecule has 24 heavy (non-hydrogen) atoms. The minimum atomic E-state index is -0.301. The first-order valence-electron chi connectivity index (χ1n) is 8.23. The van der Waals surface area contributed by atoms with E-state index in [9.17, 15) is 4.79 Å². The summed E-state index contributed by atoms with van der Waals surface area (Å²) >= 11 is 0. The van der Waals surface area contributed by atoms with Crippen molar-refractivity contribution >= 4 is 6.03 Å². The summed E-state index contributed by atoms with van der Waals surface area (Å²) in [6, 6.07) is 13.1. The number of hydrogen-bond acceptors (Lipinski definition) is 3. The van der Waals surface area contributed by atoms with E-state index in [1.54, 1.807) is 18.2 Å². The van der Waals surface area contributed by atoms with Crippen molar-refractivity contribution in [3.05, 3.63) is 60.1 Å². The molecule has 0 saturated heterocycles. The molecule has 1 N–H and O–H groups in total. The van der Waals surface area contributed by atoms with E-state index in [1.165, 1.54) is 0 Å². The van der Waals surface area contributed by atoms with Gasteiger partial charge in [0.15, 0.2) is 0 Å². The predicted octanol–water partition coefficient (Wildman–Crippen LogP) is 3.83. The second-order valence-corrected chi connectivity index (χ2v) is 6.29. The van der Waals surface area contributed by atoms with E-state index in [1.807, 2.05) is 42.5 Å². The van der Waals surface area contributed by atoms with Crippen molar-refractivity contribution in [3.8, 4) is 0 Å². The Balaban J connectivity index is 1.93. The Kier molecular flexibility index (Phi) is 6.88. The van der Waals surface area contributed by atoms with E-state index in [4.69, 9.17) is 9.15 Å². The molecule has 2 rings (SSSR count). The van der Waals surface area contributed by atoms with Crippen molar-refractivity contribution in [1.82, 2.24) is 10.2 Å². The lowest BCUT2D eigenvalue weighted by Gasteiger charge is -2.23. The molecule has 1 aromatic carbocycles. The molecule has 5 heteroatoms. The van der Waals surface area contributed by atoms with Gasteiger partial charge in [0.2, 0.25) is 0 Å². The molecule has 0 bridgehead atoms. The molecule has 0 radical (unpaired) electrons. The van der Waals surface area contributed by atoms with Gasteiger partial charge < -0.3 is 19.4 Å². The minimum Gasteiger partial charge on any atom is -0.467 e. The van der Waals surface area contributed by atoms with Gasteiger partial charge in [0.1, 0.15) is 11.8 Å². The van der Waals surface area contributed by atoms with Gasteiger partial charge in [-0.05, 0) is 23.6 Å². The van der Waals surface area contributed by atoms with Crippen LogP contribution in [0.4, 0.5) is 4.79 Å². The van der Waals surface area contributed by atoms with Crippen LogP contribution in [0, 0.1) is 5.92 Å². The number of carbonyl (C=O) groups is 1. The Labute approximate surface area is 143 Å². The average Bonchev–Trinajstić information content (AvgIpc) is 3.08. The van der Waals surface area contributed by atoms with Crippen molar-refractivity contribution < 1.29 is 13.9 Å². The first-order valence-corrected chi connectivity index (χ1v) is 8.23. The Hall–Kier alpha value is -2.27. The summed E-state index contributed by atoms with van der Waals surface area (Å²) in [5.41, 5.74) is 1.08. The molecule has 1 atom stereocenters. The lowest BCUT2D eigenvalue weighted by molar-refractivity contribution is 0.0849. The van der Waals surface area contributed by atoms with Crippen molar-refractivity contribution in [2.45, 2.75) is 26.4 Å². The van der Waals surface area contributed by atoms with Gasteiger partial charge in [-0.2, -0.15) is 0 Å². The maximum atomic E-state index is 12.5. The molecule has 5 nitrogen and oxygen atoms in total. The number of carbonyl (C=O) groups excluding carboxylic acids is 1. The number of ether oxygens (including phenoxy) is 1. The normalized spacial score (nSPS) is 12.2. The number of amides is 2. The van der Waals surface area contributed by atoms with Crippen molar-refractivity contribution in [2.24, 2.45) is 5.92 Å². The van der Waals surface area contributed by atoms with E-state index < -0.39 is 0 Å². The molecular formula is C19H26N2O3. The molecule has 0 aliphatic rings. The Morgan fingerprint density at radius 3 is 2.54 bits per heavy atom. The summed E-state index contributed by atoms with van der Waals surface area (Å²) in [4.78, 5) is 14.1. The molecule has 1 heterocycles. The number of nitrogens with zero attached hydrogens (tertiary/aromatic N) is 1. The van der Waals surface area contributed by atoms with E-state index >= 15 is 0 Å². The summed E-state index contributed by atoms with van der Waals surface area (Å²) in [7, 11) is 1.77. The molecule has 0 aliphatic carbocycles. The number of hydrogen-bond donors (Lipinski definition) is 1. The van der Waals surface area contributed by atoms with Crippen LogP contribution in [0.1, 0.15) is 31.2 Å². The fourth-order valence-corrected chi connectivity index (χ4v) is 2.29. The van der Waals surface area contributed by atoms with Crippen LogP contribution in [-0.4, -0.2) is 31.2 Å². The third-order valence-electron chi connectivity index (χ3n) is 3.53. The van der Waals surface area contributed by atoms with E-state index in [-0.39, 0.29) is 12.1 Å². The van der Waals surface area contributed by atoms with Crippen LogP contribution >= 0.6 is 0 Å². The Bertz CT molecular complexity index is 596. The molecule has 2 aromatic rings. The van der Waals surface area contributed by atoms with Crippen LogP contribution in [0.15, 0.2) is 53.1 Å². The lowest BCUT2D eigenvalue weighted by atomic mass is 10.2. The molecule has 0 fully saturated rings. The second kappa shape index (κ2) is 9.13. The molecular weight excluding hydrogens is 304 g/mol. The molecule has 130 valence electrons. The fourth-order valence-electron chi connectivity index (χ4n) is 2.29. The maximum Gasteiger partial charge on any atom is 0.318 e. The third-order valence-corrected chi connectivity index (χ3v) is 3.53. The highest BCUT2D eigenvalue weighted by atomic mass is 16.5. The van der Waals surface area contributed by atoms with Gasteiger partial charge in [0.05, 0.1) is 12.9 Å². The third kappa shape index (κ3) is 5.74. The van der Waals surface area contributed by atoms with Crippen LogP contribution in [-0.2, 0) is 11.3 Å². The Morgan fingerprint density at radius 2 is 1.92 bits per heavy atom. The van der Waals surface area contributed by atoms with Crippen LogP contribution in [0.5, 0.6) is 0 Å². The first-order chi connectivity index (χ1) is 11.6. The quantitative estimate of drug-likeness (QED) is 0.800. The highest BCUT2D eigenvalue weighted by molar-refractivity contribution is 5.74. The smallest absolute Gasteiger partial charge is 0.318 e. The van der Waals surface area contributed by atoms with E-state index in [0.29, 0.717) is 31.4 Å². The molecule has 0 aliphatic heterocycles. The van der Waals surface area contributed by atoms with Gasteiger partial charge in [0.25, 0.3) is 0 Å². The summed E-state index contributed by atoms with van der Waals surface area (Å²) in [6.45, 7) is 5.76. The minimum absolute atomic E-state index is 0.159. The zero-order chi connectivity index (χ0) is 17.4. The molecule has 2 amide bonds. The topological polar surface area (TPSA) is 54.7 Å². The number of rotatable bonds is 8. The van der Waals surface area contributed by atoms with E-state index in [2.05, 4.69) is 19.2 Å².